The zero-order chi connectivity index (χ0) is 15.9. The molecule has 1 amide bonds. The predicted octanol–water partition coefficient (Wildman–Crippen LogP) is 2.06. The van der Waals surface area contributed by atoms with Crippen molar-refractivity contribution in [3.63, 3.8) is 0 Å². The van der Waals surface area contributed by atoms with Crippen molar-refractivity contribution in [3.05, 3.63) is 15.6 Å². The van der Waals surface area contributed by atoms with Gasteiger partial charge < -0.3 is 15.5 Å². The molecule has 1 aliphatic rings. The number of likely N-dealkylation sites (tertiary alicyclic amines) is 1. The number of hydrogen-bond acceptors (Lipinski definition) is 4. The van der Waals surface area contributed by atoms with Gasteiger partial charge in [-0.2, -0.15) is 0 Å². The fourth-order valence-corrected chi connectivity index (χ4v) is 3.41. The van der Waals surface area contributed by atoms with Gasteiger partial charge in [0.2, 0.25) is 5.91 Å². The molecule has 1 saturated heterocycles. The highest BCUT2D eigenvalue weighted by molar-refractivity contribution is 14.0. The monoisotopic (exact) mass is 451 g/mol. The molecule has 2 N–H and O–H groups in total. The Labute approximate surface area is 159 Å². The zero-order valence-electron chi connectivity index (χ0n) is 14.0. The summed E-state index contributed by atoms with van der Waals surface area (Å²) < 4.78 is 0. The van der Waals surface area contributed by atoms with Gasteiger partial charge in [0.25, 0.3) is 0 Å². The summed E-state index contributed by atoms with van der Waals surface area (Å²) >= 11 is 1.68. The number of thiazole rings is 1. The molecular weight excluding hydrogens is 425 g/mol. The first-order valence-corrected chi connectivity index (χ1v) is 8.57. The molecule has 0 unspecified atom stereocenters. The van der Waals surface area contributed by atoms with Gasteiger partial charge >= 0.3 is 0 Å². The van der Waals surface area contributed by atoms with E-state index in [1.165, 1.54) is 11.3 Å². The first-order valence-electron chi connectivity index (χ1n) is 7.75. The highest BCUT2D eigenvalue weighted by Gasteiger charge is 2.16. The molecule has 0 atom stereocenters. The Hall–Kier alpha value is -0.900. The van der Waals surface area contributed by atoms with Gasteiger partial charge in [0.05, 0.1) is 23.8 Å². The number of carbonyl (C=O) groups is 1. The fraction of sp³-hybridized carbons (Fsp3) is 0.667. The summed E-state index contributed by atoms with van der Waals surface area (Å²) in [6.07, 6.45) is 3.46. The molecule has 1 fully saturated rings. The van der Waals surface area contributed by atoms with Gasteiger partial charge in [-0.1, -0.05) is 0 Å². The summed E-state index contributed by atoms with van der Waals surface area (Å²) in [7, 11) is 1.71. The van der Waals surface area contributed by atoms with E-state index in [9.17, 15) is 4.79 Å². The average molecular weight is 451 g/mol. The van der Waals surface area contributed by atoms with Crippen LogP contribution in [0.5, 0.6) is 0 Å². The SMILES string of the molecule is CN=C(NCC(=O)N1CCCCC1)NCc1sc(C)nc1C.I. The van der Waals surface area contributed by atoms with Gasteiger partial charge in [0.15, 0.2) is 5.96 Å². The van der Waals surface area contributed by atoms with Crippen molar-refractivity contribution in [3.8, 4) is 0 Å². The standard InChI is InChI=1S/C15H25N5OS.HI/c1-11-13(22-12(2)19-11)9-17-15(16-3)18-10-14(21)20-7-5-4-6-8-20;/h4-10H2,1-3H3,(H2,16,17,18);1H. The quantitative estimate of drug-likeness (QED) is 0.418. The van der Waals surface area contributed by atoms with Gasteiger partial charge in [-0.15, -0.1) is 35.3 Å². The van der Waals surface area contributed by atoms with E-state index in [1.807, 2.05) is 18.7 Å². The third kappa shape index (κ3) is 6.25. The van der Waals surface area contributed by atoms with Crippen LogP contribution in [0.1, 0.15) is 34.8 Å². The lowest BCUT2D eigenvalue weighted by Crippen LogP contribution is -2.45. The van der Waals surface area contributed by atoms with Crippen LogP contribution in [0.4, 0.5) is 0 Å². The van der Waals surface area contributed by atoms with Crippen LogP contribution in [0.3, 0.4) is 0 Å². The van der Waals surface area contributed by atoms with E-state index in [4.69, 9.17) is 0 Å². The second-order valence-electron chi connectivity index (χ2n) is 5.46. The Balaban J connectivity index is 0.00000264. The number of nitrogens with one attached hydrogen (secondary N) is 2. The maximum atomic E-state index is 12.1. The van der Waals surface area contributed by atoms with E-state index in [0.29, 0.717) is 19.0 Å². The molecule has 1 aliphatic heterocycles. The number of hydrogen-bond donors (Lipinski definition) is 2. The van der Waals surface area contributed by atoms with Gasteiger partial charge in [0.1, 0.15) is 0 Å². The Morgan fingerprint density at radius 3 is 2.52 bits per heavy atom. The van der Waals surface area contributed by atoms with Gasteiger partial charge in [-0.25, -0.2) is 4.98 Å². The zero-order valence-corrected chi connectivity index (χ0v) is 17.2. The van der Waals surface area contributed by atoms with E-state index in [0.717, 1.165) is 36.6 Å². The molecule has 0 aromatic carbocycles. The third-order valence-corrected chi connectivity index (χ3v) is 4.83. The Kier molecular flexibility index (Phi) is 8.82. The van der Waals surface area contributed by atoms with Crippen molar-refractivity contribution in [1.82, 2.24) is 20.5 Å². The minimum absolute atomic E-state index is 0. The number of amides is 1. The van der Waals surface area contributed by atoms with Gasteiger partial charge in [0, 0.05) is 25.0 Å². The van der Waals surface area contributed by atoms with Crippen molar-refractivity contribution in [2.24, 2.45) is 4.99 Å². The van der Waals surface area contributed by atoms with Crippen LogP contribution >= 0.6 is 35.3 Å². The van der Waals surface area contributed by atoms with E-state index in [2.05, 4.69) is 20.6 Å². The number of halogens is 1. The molecule has 130 valence electrons. The van der Waals surface area contributed by atoms with Crippen LogP contribution in [-0.4, -0.2) is 48.4 Å². The van der Waals surface area contributed by atoms with E-state index in [1.54, 1.807) is 18.4 Å². The van der Waals surface area contributed by atoms with Crippen LogP contribution in [0, 0.1) is 13.8 Å². The average Bonchev–Trinajstić information content (AvgIpc) is 2.86. The van der Waals surface area contributed by atoms with Crippen molar-refractivity contribution >= 4 is 47.2 Å². The van der Waals surface area contributed by atoms with Crippen molar-refractivity contribution in [2.75, 3.05) is 26.7 Å². The van der Waals surface area contributed by atoms with Crippen molar-refractivity contribution < 1.29 is 4.79 Å². The highest BCUT2D eigenvalue weighted by Crippen LogP contribution is 2.16. The number of nitrogens with zero attached hydrogens (tertiary/aromatic N) is 3. The minimum Gasteiger partial charge on any atom is -0.351 e. The summed E-state index contributed by atoms with van der Waals surface area (Å²) in [5, 5.41) is 7.40. The third-order valence-electron chi connectivity index (χ3n) is 3.76. The molecule has 2 rings (SSSR count). The molecule has 6 nitrogen and oxygen atoms in total. The molecular formula is C15H26IN5OS. The van der Waals surface area contributed by atoms with Gasteiger partial charge in [-0.05, 0) is 33.1 Å². The number of aryl methyl sites for hydroxylation is 2. The summed E-state index contributed by atoms with van der Waals surface area (Å²) in [6.45, 7) is 6.75. The van der Waals surface area contributed by atoms with Crippen LogP contribution in [0.25, 0.3) is 0 Å². The first-order chi connectivity index (χ1) is 10.6. The van der Waals surface area contributed by atoms with E-state index < -0.39 is 0 Å². The van der Waals surface area contributed by atoms with Gasteiger partial charge in [-0.3, -0.25) is 9.79 Å². The van der Waals surface area contributed by atoms with Crippen LogP contribution in [0.15, 0.2) is 4.99 Å². The smallest absolute Gasteiger partial charge is 0.241 e. The lowest BCUT2D eigenvalue weighted by atomic mass is 10.1. The molecule has 23 heavy (non-hydrogen) atoms. The van der Waals surface area contributed by atoms with Crippen LogP contribution in [0.2, 0.25) is 0 Å². The second kappa shape index (κ2) is 10.1. The maximum Gasteiger partial charge on any atom is 0.241 e. The second-order valence-corrected chi connectivity index (χ2v) is 6.75. The molecule has 0 bridgehead atoms. The Morgan fingerprint density at radius 1 is 1.26 bits per heavy atom. The maximum absolute atomic E-state index is 12.1. The Morgan fingerprint density at radius 2 is 1.96 bits per heavy atom. The number of guanidine groups is 1. The van der Waals surface area contributed by atoms with Crippen molar-refractivity contribution in [2.45, 2.75) is 39.7 Å². The number of carbonyl (C=O) groups excluding carboxylic acids is 1. The first kappa shape index (κ1) is 20.1. The van der Waals surface area contributed by atoms with E-state index in [-0.39, 0.29) is 29.9 Å². The summed E-state index contributed by atoms with van der Waals surface area (Å²) in [5.74, 6) is 0.795. The fourth-order valence-electron chi connectivity index (χ4n) is 2.54. The molecule has 1 aromatic heterocycles. The molecule has 1 aromatic rings. The molecule has 8 heteroatoms. The normalized spacial score (nSPS) is 15.1. The minimum atomic E-state index is 0. The predicted molar refractivity (Wildman–Crippen MR) is 106 cm³/mol. The summed E-state index contributed by atoms with van der Waals surface area (Å²) in [4.78, 5) is 23.8. The molecule has 2 heterocycles. The van der Waals surface area contributed by atoms with Crippen LogP contribution in [-0.2, 0) is 11.3 Å². The number of aromatic nitrogens is 1. The topological polar surface area (TPSA) is 69.6 Å². The number of piperidine rings is 1. The number of aliphatic imine (C=N–C) groups is 1. The van der Waals surface area contributed by atoms with Crippen molar-refractivity contribution in [1.29, 1.82) is 0 Å². The highest BCUT2D eigenvalue weighted by atomic mass is 127. The molecule has 0 radical (unpaired) electrons. The number of rotatable bonds is 4. The lowest BCUT2D eigenvalue weighted by Gasteiger charge is -2.27. The lowest BCUT2D eigenvalue weighted by molar-refractivity contribution is -0.130. The molecule has 0 aliphatic carbocycles. The summed E-state index contributed by atoms with van der Waals surface area (Å²) in [5.41, 5.74) is 1.05. The molecule has 0 spiro atoms. The van der Waals surface area contributed by atoms with E-state index >= 15 is 0 Å². The Bertz CT molecular complexity index is 540. The largest absolute Gasteiger partial charge is 0.351 e. The molecule has 0 saturated carbocycles. The summed E-state index contributed by atoms with van der Waals surface area (Å²) in [6, 6.07) is 0. The van der Waals surface area contributed by atoms with Crippen LogP contribution < -0.4 is 10.6 Å².